The monoisotopic (exact) mass is 555 g/mol. The van der Waals surface area contributed by atoms with Crippen molar-refractivity contribution in [1.82, 2.24) is 13.9 Å². The van der Waals surface area contributed by atoms with Gasteiger partial charge in [-0.2, -0.15) is 4.31 Å². The molecule has 2 aromatic carbocycles. The van der Waals surface area contributed by atoms with Crippen molar-refractivity contribution < 1.29 is 35.8 Å². The minimum Gasteiger partial charge on any atom is -0.496 e. The average Bonchev–Trinajstić information content (AvgIpc) is 2.90. The highest BCUT2D eigenvalue weighted by Crippen LogP contribution is 2.25. The number of benzene rings is 2. The molecule has 0 unspecified atom stereocenters. The molecule has 37 heavy (non-hydrogen) atoms. The van der Waals surface area contributed by atoms with E-state index in [4.69, 9.17) is 14.2 Å². The zero-order chi connectivity index (χ0) is 27.1. The number of aryl methyl sites for hydroxylation is 1. The number of rotatable bonds is 12. The predicted molar refractivity (Wildman–Crippen MR) is 137 cm³/mol. The van der Waals surface area contributed by atoms with Gasteiger partial charge in [0.25, 0.3) is 0 Å². The van der Waals surface area contributed by atoms with Gasteiger partial charge >= 0.3 is 0 Å². The first-order valence-corrected chi connectivity index (χ1v) is 14.6. The van der Waals surface area contributed by atoms with Gasteiger partial charge in [-0.15, -0.1) is 0 Å². The number of methoxy groups -OCH3 is 1. The van der Waals surface area contributed by atoms with Gasteiger partial charge in [-0.3, -0.25) is 4.79 Å². The number of carbonyl (C=O) groups excluding carboxylic acids is 1. The molecule has 0 spiro atoms. The van der Waals surface area contributed by atoms with Crippen molar-refractivity contribution in [3.05, 3.63) is 48.0 Å². The van der Waals surface area contributed by atoms with Gasteiger partial charge in [0.05, 0.1) is 36.7 Å². The molecule has 1 fully saturated rings. The van der Waals surface area contributed by atoms with Gasteiger partial charge in [-0.05, 0) is 54.4 Å². The number of ether oxygens (including phenoxy) is 3. The van der Waals surface area contributed by atoms with E-state index in [-0.39, 0.29) is 35.3 Å². The van der Waals surface area contributed by atoms with E-state index in [9.17, 15) is 21.6 Å². The summed E-state index contributed by atoms with van der Waals surface area (Å²) in [6.07, 6.45) is 0.432. The molecule has 1 aliphatic rings. The highest BCUT2D eigenvalue weighted by molar-refractivity contribution is 7.89. The SMILES string of the molecule is COc1ccc(S(=O)(=O)N(C)C)cc1CCC(=O)NCCOc1ccc(S(=O)(=O)N2CCOCC2)cc1. The second kappa shape index (κ2) is 12.7. The van der Waals surface area contributed by atoms with E-state index in [0.717, 1.165) is 4.31 Å². The molecule has 1 N–H and O–H groups in total. The maximum Gasteiger partial charge on any atom is 0.243 e. The molecule has 0 bridgehead atoms. The summed E-state index contributed by atoms with van der Waals surface area (Å²) >= 11 is 0. The Bertz CT molecular complexity index is 1270. The van der Waals surface area contributed by atoms with Gasteiger partial charge in [-0.25, -0.2) is 21.1 Å². The quantitative estimate of drug-likeness (QED) is 0.385. The van der Waals surface area contributed by atoms with Gasteiger partial charge in [0.1, 0.15) is 18.1 Å². The molecule has 0 aliphatic carbocycles. The molecule has 1 saturated heterocycles. The summed E-state index contributed by atoms with van der Waals surface area (Å²) < 4.78 is 68.8. The van der Waals surface area contributed by atoms with Crippen LogP contribution < -0.4 is 14.8 Å². The number of sulfonamides is 2. The molecule has 13 heteroatoms. The molecular formula is C24H33N3O8S2. The van der Waals surface area contributed by atoms with Crippen LogP contribution in [0, 0.1) is 0 Å². The van der Waals surface area contributed by atoms with E-state index >= 15 is 0 Å². The first-order valence-electron chi connectivity index (χ1n) is 11.7. The Morgan fingerprint density at radius 3 is 2.30 bits per heavy atom. The summed E-state index contributed by atoms with van der Waals surface area (Å²) in [4.78, 5) is 12.6. The lowest BCUT2D eigenvalue weighted by Crippen LogP contribution is -2.40. The fraction of sp³-hybridized carbons (Fsp3) is 0.458. The van der Waals surface area contributed by atoms with E-state index in [1.165, 1.54) is 49.8 Å². The normalized spacial score (nSPS) is 14.9. The van der Waals surface area contributed by atoms with Crippen LogP contribution in [0.5, 0.6) is 11.5 Å². The molecule has 3 rings (SSSR count). The Balaban J connectivity index is 1.47. The zero-order valence-corrected chi connectivity index (χ0v) is 22.8. The molecule has 1 heterocycles. The Morgan fingerprint density at radius 2 is 1.68 bits per heavy atom. The predicted octanol–water partition coefficient (Wildman–Crippen LogP) is 1.09. The number of hydrogen-bond acceptors (Lipinski definition) is 8. The molecule has 2 aromatic rings. The maximum atomic E-state index is 12.7. The van der Waals surface area contributed by atoms with Crippen molar-refractivity contribution in [3.8, 4) is 11.5 Å². The molecule has 1 amide bonds. The summed E-state index contributed by atoms with van der Waals surface area (Å²) in [5, 5.41) is 2.76. The molecule has 0 radical (unpaired) electrons. The van der Waals surface area contributed by atoms with E-state index in [1.54, 1.807) is 18.2 Å². The third-order valence-electron chi connectivity index (χ3n) is 5.78. The van der Waals surface area contributed by atoms with Crippen LogP contribution in [0.3, 0.4) is 0 Å². The first kappa shape index (κ1) is 28.9. The Hall–Kier alpha value is -2.71. The van der Waals surface area contributed by atoms with Crippen LogP contribution in [0.25, 0.3) is 0 Å². The van der Waals surface area contributed by atoms with Gasteiger partial charge in [-0.1, -0.05) is 0 Å². The van der Waals surface area contributed by atoms with E-state index < -0.39 is 20.0 Å². The smallest absolute Gasteiger partial charge is 0.243 e. The molecule has 204 valence electrons. The number of nitrogens with zero attached hydrogens (tertiary/aromatic N) is 2. The summed E-state index contributed by atoms with van der Waals surface area (Å²) in [7, 11) is -2.78. The summed E-state index contributed by atoms with van der Waals surface area (Å²) in [5.74, 6) is 0.769. The lowest BCUT2D eigenvalue weighted by molar-refractivity contribution is -0.121. The number of amides is 1. The van der Waals surface area contributed by atoms with Crippen molar-refractivity contribution in [1.29, 1.82) is 0 Å². The van der Waals surface area contributed by atoms with Gasteiger partial charge in [0, 0.05) is 33.6 Å². The Labute approximate surface area is 218 Å². The van der Waals surface area contributed by atoms with E-state index in [2.05, 4.69) is 5.32 Å². The minimum atomic E-state index is -3.60. The highest BCUT2D eigenvalue weighted by Gasteiger charge is 2.26. The minimum absolute atomic E-state index is 0.130. The molecule has 0 saturated carbocycles. The Kier molecular flexibility index (Phi) is 9.90. The van der Waals surface area contributed by atoms with Crippen LogP contribution in [0.15, 0.2) is 52.3 Å². The lowest BCUT2D eigenvalue weighted by Gasteiger charge is -2.26. The summed E-state index contributed by atoms with van der Waals surface area (Å²) in [6.45, 7) is 1.86. The molecule has 0 aromatic heterocycles. The summed E-state index contributed by atoms with van der Waals surface area (Å²) in [6, 6.07) is 10.7. The molecule has 1 aliphatic heterocycles. The second-order valence-electron chi connectivity index (χ2n) is 8.45. The van der Waals surface area contributed by atoms with Crippen LogP contribution in [-0.4, -0.2) is 92.0 Å². The van der Waals surface area contributed by atoms with Crippen molar-refractivity contribution in [2.24, 2.45) is 0 Å². The van der Waals surface area contributed by atoms with Crippen molar-refractivity contribution >= 4 is 26.0 Å². The summed E-state index contributed by atoms with van der Waals surface area (Å²) in [5.41, 5.74) is 0.615. The molecule has 0 atom stereocenters. The standard InChI is InChI=1S/C24H33N3O8S2/c1-26(2)36(29,30)22-9-10-23(33-3)19(18-22)4-11-24(28)25-12-15-35-20-5-7-21(8-6-20)37(31,32)27-13-16-34-17-14-27/h5-10,18H,4,11-17H2,1-3H3,(H,25,28). The van der Waals surface area contributed by atoms with Crippen LogP contribution in [-0.2, 0) is 36.0 Å². The number of morpholine rings is 1. The van der Waals surface area contributed by atoms with Crippen molar-refractivity contribution in [3.63, 3.8) is 0 Å². The van der Waals surface area contributed by atoms with Gasteiger partial charge in [0.15, 0.2) is 0 Å². The second-order valence-corrected chi connectivity index (χ2v) is 12.5. The number of hydrogen-bond donors (Lipinski definition) is 1. The van der Waals surface area contributed by atoms with Crippen LogP contribution >= 0.6 is 0 Å². The number of nitrogens with one attached hydrogen (secondary N) is 1. The van der Waals surface area contributed by atoms with Crippen LogP contribution in [0.2, 0.25) is 0 Å². The van der Waals surface area contributed by atoms with Crippen molar-refractivity contribution in [2.75, 3.05) is 60.7 Å². The average molecular weight is 556 g/mol. The van der Waals surface area contributed by atoms with Crippen LogP contribution in [0.1, 0.15) is 12.0 Å². The first-order chi connectivity index (χ1) is 17.6. The van der Waals surface area contributed by atoms with E-state index in [1.807, 2.05) is 0 Å². The fourth-order valence-electron chi connectivity index (χ4n) is 3.66. The van der Waals surface area contributed by atoms with Gasteiger partial charge < -0.3 is 19.5 Å². The Morgan fingerprint density at radius 1 is 1.03 bits per heavy atom. The fourth-order valence-corrected chi connectivity index (χ4v) is 6.02. The highest BCUT2D eigenvalue weighted by atomic mass is 32.2. The van der Waals surface area contributed by atoms with E-state index in [0.29, 0.717) is 49.8 Å². The van der Waals surface area contributed by atoms with Crippen LogP contribution in [0.4, 0.5) is 0 Å². The third kappa shape index (κ3) is 7.42. The maximum absolute atomic E-state index is 12.7. The molecule has 11 nitrogen and oxygen atoms in total. The van der Waals surface area contributed by atoms with Gasteiger partial charge in [0.2, 0.25) is 26.0 Å². The largest absolute Gasteiger partial charge is 0.496 e. The topological polar surface area (TPSA) is 132 Å². The molecular weight excluding hydrogens is 522 g/mol. The van der Waals surface area contributed by atoms with Crippen molar-refractivity contribution in [2.45, 2.75) is 22.6 Å². The zero-order valence-electron chi connectivity index (χ0n) is 21.2. The lowest BCUT2D eigenvalue weighted by atomic mass is 10.1. The third-order valence-corrected chi connectivity index (χ3v) is 9.50. The number of carbonyl (C=O) groups is 1.